The molecule has 0 aliphatic carbocycles. The molecular formula is C21H25N7O3S. The number of hydrogen-bond acceptors (Lipinski definition) is 6. The van der Waals surface area contributed by atoms with E-state index in [9.17, 15) is 14.4 Å². The van der Waals surface area contributed by atoms with Crippen molar-refractivity contribution in [2.45, 2.75) is 19.0 Å². The highest BCUT2D eigenvalue weighted by atomic mass is 32.2. The molecule has 2 heterocycles. The molecule has 168 valence electrons. The van der Waals surface area contributed by atoms with Crippen LogP contribution in [0.1, 0.15) is 21.7 Å². The lowest BCUT2D eigenvalue weighted by molar-refractivity contribution is -0.115. The zero-order valence-electron chi connectivity index (χ0n) is 18.3. The first-order valence-electron chi connectivity index (χ1n) is 9.83. The summed E-state index contributed by atoms with van der Waals surface area (Å²) in [5, 5.41) is 13.1. The van der Waals surface area contributed by atoms with Crippen molar-refractivity contribution in [1.82, 2.24) is 24.6 Å². The Bertz CT molecular complexity index is 1130. The van der Waals surface area contributed by atoms with Gasteiger partial charge in [0.2, 0.25) is 11.8 Å². The van der Waals surface area contributed by atoms with Crippen molar-refractivity contribution < 1.29 is 14.4 Å². The van der Waals surface area contributed by atoms with Crippen LogP contribution in [-0.2, 0) is 23.7 Å². The second kappa shape index (κ2) is 10.1. The SMILES string of the molecule is Cc1nn(C)c(C)c1NC(=O)CNC(=O)c1ccc(NC(=O)CSc2nccn2C)cc1. The number of thioether (sulfide) groups is 1. The van der Waals surface area contributed by atoms with Crippen molar-refractivity contribution >= 4 is 40.9 Å². The lowest BCUT2D eigenvalue weighted by Gasteiger charge is -2.09. The minimum Gasteiger partial charge on any atom is -0.343 e. The first-order chi connectivity index (χ1) is 15.2. The lowest BCUT2D eigenvalue weighted by Crippen LogP contribution is -2.33. The zero-order valence-corrected chi connectivity index (χ0v) is 19.1. The summed E-state index contributed by atoms with van der Waals surface area (Å²) < 4.78 is 3.52. The van der Waals surface area contributed by atoms with Crippen LogP contribution < -0.4 is 16.0 Å². The number of imidazole rings is 1. The molecule has 10 nitrogen and oxygen atoms in total. The maximum atomic E-state index is 12.3. The molecule has 32 heavy (non-hydrogen) atoms. The molecule has 0 atom stereocenters. The van der Waals surface area contributed by atoms with E-state index >= 15 is 0 Å². The highest BCUT2D eigenvalue weighted by molar-refractivity contribution is 7.99. The Kier molecular flexibility index (Phi) is 7.31. The van der Waals surface area contributed by atoms with Gasteiger partial charge in [0.15, 0.2) is 5.16 Å². The van der Waals surface area contributed by atoms with E-state index in [1.165, 1.54) is 11.8 Å². The van der Waals surface area contributed by atoms with Gasteiger partial charge in [0.1, 0.15) is 0 Å². The summed E-state index contributed by atoms with van der Waals surface area (Å²) in [5.74, 6) is -0.680. The molecule has 0 bridgehead atoms. The number of carbonyl (C=O) groups is 3. The predicted octanol–water partition coefficient (Wildman–Crippen LogP) is 1.87. The molecule has 0 fully saturated rings. The van der Waals surface area contributed by atoms with Gasteiger partial charge in [0, 0.05) is 37.7 Å². The van der Waals surface area contributed by atoms with Crippen LogP contribution in [0, 0.1) is 13.8 Å². The molecule has 3 N–H and O–H groups in total. The number of aromatic nitrogens is 4. The molecule has 0 saturated heterocycles. The number of carbonyl (C=O) groups excluding carboxylic acids is 3. The van der Waals surface area contributed by atoms with Crippen LogP contribution in [0.25, 0.3) is 0 Å². The third kappa shape index (κ3) is 5.76. The van der Waals surface area contributed by atoms with Gasteiger partial charge in [0.25, 0.3) is 5.91 Å². The van der Waals surface area contributed by atoms with Crippen molar-refractivity contribution in [3.63, 3.8) is 0 Å². The second-order valence-corrected chi connectivity index (χ2v) is 8.08. The number of amides is 3. The maximum absolute atomic E-state index is 12.3. The van der Waals surface area contributed by atoms with Crippen molar-refractivity contribution in [2.75, 3.05) is 22.9 Å². The second-order valence-electron chi connectivity index (χ2n) is 7.14. The summed E-state index contributed by atoms with van der Waals surface area (Å²) in [6.45, 7) is 3.49. The number of aryl methyl sites for hydroxylation is 3. The largest absolute Gasteiger partial charge is 0.343 e. The van der Waals surface area contributed by atoms with Gasteiger partial charge in [-0.15, -0.1) is 0 Å². The van der Waals surface area contributed by atoms with E-state index in [1.54, 1.807) is 49.1 Å². The Morgan fingerprint density at radius 2 is 1.75 bits per heavy atom. The Labute approximate surface area is 189 Å². The van der Waals surface area contributed by atoms with Gasteiger partial charge in [-0.25, -0.2) is 4.98 Å². The van der Waals surface area contributed by atoms with E-state index in [2.05, 4.69) is 26.0 Å². The Hall–Kier alpha value is -3.60. The summed E-state index contributed by atoms with van der Waals surface area (Å²) in [6.07, 6.45) is 3.49. The van der Waals surface area contributed by atoms with Gasteiger partial charge in [0.05, 0.1) is 29.4 Å². The lowest BCUT2D eigenvalue weighted by atomic mass is 10.2. The predicted molar refractivity (Wildman–Crippen MR) is 123 cm³/mol. The topological polar surface area (TPSA) is 123 Å². The van der Waals surface area contributed by atoms with Crippen LogP contribution in [0.4, 0.5) is 11.4 Å². The fraction of sp³-hybridized carbons (Fsp3) is 0.286. The monoisotopic (exact) mass is 455 g/mol. The smallest absolute Gasteiger partial charge is 0.251 e. The van der Waals surface area contributed by atoms with E-state index in [4.69, 9.17) is 0 Å². The fourth-order valence-corrected chi connectivity index (χ4v) is 3.66. The van der Waals surface area contributed by atoms with Gasteiger partial charge in [-0.05, 0) is 38.1 Å². The highest BCUT2D eigenvalue weighted by Crippen LogP contribution is 2.18. The summed E-state index contributed by atoms with van der Waals surface area (Å²) in [4.78, 5) is 40.8. The first kappa shape index (κ1) is 23.1. The molecule has 2 aromatic heterocycles. The van der Waals surface area contributed by atoms with Gasteiger partial charge in [-0.1, -0.05) is 11.8 Å². The third-order valence-corrected chi connectivity index (χ3v) is 5.78. The average molecular weight is 456 g/mol. The molecule has 1 aromatic carbocycles. The fourth-order valence-electron chi connectivity index (χ4n) is 2.92. The molecule has 3 aromatic rings. The third-order valence-electron chi connectivity index (χ3n) is 4.72. The van der Waals surface area contributed by atoms with Crippen LogP contribution in [0.5, 0.6) is 0 Å². The maximum Gasteiger partial charge on any atom is 0.251 e. The minimum absolute atomic E-state index is 0.171. The molecule has 3 rings (SSSR count). The van der Waals surface area contributed by atoms with Gasteiger partial charge in [-0.2, -0.15) is 5.10 Å². The molecule has 0 aliphatic rings. The number of nitrogens with one attached hydrogen (secondary N) is 3. The number of hydrogen-bond donors (Lipinski definition) is 3. The summed E-state index contributed by atoms with van der Waals surface area (Å²) in [5.41, 5.74) is 3.14. The normalized spacial score (nSPS) is 10.6. The summed E-state index contributed by atoms with van der Waals surface area (Å²) in [7, 11) is 3.66. The number of nitrogens with zero attached hydrogens (tertiary/aromatic N) is 4. The quantitative estimate of drug-likeness (QED) is 0.446. The van der Waals surface area contributed by atoms with Gasteiger partial charge >= 0.3 is 0 Å². The van der Waals surface area contributed by atoms with Crippen LogP contribution in [0.2, 0.25) is 0 Å². The Balaban J connectivity index is 1.46. The molecule has 3 amide bonds. The Morgan fingerprint density at radius 3 is 2.34 bits per heavy atom. The van der Waals surface area contributed by atoms with Crippen molar-refractivity contribution in [3.8, 4) is 0 Å². The van der Waals surface area contributed by atoms with E-state index in [-0.39, 0.29) is 30.0 Å². The molecule has 0 radical (unpaired) electrons. The van der Waals surface area contributed by atoms with Crippen molar-refractivity contribution in [2.24, 2.45) is 14.1 Å². The van der Waals surface area contributed by atoms with E-state index < -0.39 is 0 Å². The van der Waals surface area contributed by atoms with Crippen LogP contribution >= 0.6 is 11.8 Å². The molecular weight excluding hydrogens is 430 g/mol. The first-order valence-corrected chi connectivity index (χ1v) is 10.8. The van der Waals surface area contributed by atoms with Gasteiger partial charge < -0.3 is 20.5 Å². The van der Waals surface area contributed by atoms with Crippen LogP contribution in [0.3, 0.4) is 0 Å². The number of anilines is 2. The van der Waals surface area contributed by atoms with Gasteiger partial charge in [-0.3, -0.25) is 19.1 Å². The summed E-state index contributed by atoms with van der Waals surface area (Å²) in [6, 6.07) is 6.45. The van der Waals surface area contributed by atoms with Crippen molar-refractivity contribution in [1.29, 1.82) is 0 Å². The Morgan fingerprint density at radius 1 is 1.03 bits per heavy atom. The molecule has 0 saturated carbocycles. The minimum atomic E-state index is -0.386. The number of benzene rings is 1. The van der Waals surface area contributed by atoms with E-state index in [0.717, 1.165) is 10.9 Å². The summed E-state index contributed by atoms with van der Waals surface area (Å²) >= 11 is 1.33. The molecule has 0 aliphatic heterocycles. The van der Waals surface area contributed by atoms with E-state index in [1.807, 2.05) is 24.7 Å². The van der Waals surface area contributed by atoms with E-state index in [0.29, 0.717) is 22.6 Å². The molecule has 0 unspecified atom stereocenters. The van der Waals surface area contributed by atoms with Crippen molar-refractivity contribution in [3.05, 3.63) is 53.6 Å². The highest BCUT2D eigenvalue weighted by Gasteiger charge is 2.14. The standard InChI is InChI=1S/C21H25N7O3S/c1-13-19(14(2)28(4)26-13)25-17(29)11-23-20(31)15-5-7-16(8-6-15)24-18(30)12-32-21-22-9-10-27(21)3/h5-10H,11-12H2,1-4H3,(H,23,31)(H,24,30)(H,25,29). The zero-order chi connectivity index (χ0) is 23.3. The number of rotatable bonds is 8. The van der Waals surface area contributed by atoms with Crippen LogP contribution in [-0.4, -0.2) is 49.4 Å². The average Bonchev–Trinajstić information content (AvgIpc) is 3.28. The molecule has 11 heteroatoms. The van der Waals surface area contributed by atoms with Crippen LogP contribution in [0.15, 0.2) is 41.8 Å². The molecule has 0 spiro atoms.